The van der Waals surface area contributed by atoms with Gasteiger partial charge in [-0.05, 0) is 64.7 Å². The third-order valence-corrected chi connectivity index (χ3v) is 5.85. The van der Waals surface area contributed by atoms with Gasteiger partial charge < -0.3 is 9.73 Å². The van der Waals surface area contributed by atoms with Gasteiger partial charge in [0.05, 0.1) is 0 Å². The standard InChI is InChI=1S/C30H21NO/c1-2-7-21(8-3-1)22-13-16-25(17-14-22)31-26-10-6-9-23(19-26)24-15-18-30-28(20-24)27-11-4-5-12-29(27)32-30/h1-20,31H. The molecule has 0 spiro atoms. The van der Waals surface area contributed by atoms with Crippen LogP contribution in [0.15, 0.2) is 126 Å². The molecule has 0 radical (unpaired) electrons. The highest BCUT2D eigenvalue weighted by molar-refractivity contribution is 6.06. The minimum atomic E-state index is 0.919. The molecule has 0 unspecified atom stereocenters. The molecule has 2 heteroatoms. The molecule has 0 bridgehead atoms. The SMILES string of the molecule is c1ccc(-c2ccc(Nc3cccc(-c4ccc5oc6ccccc6c5c4)c3)cc2)cc1. The van der Waals surface area contributed by atoms with Crippen LogP contribution < -0.4 is 5.32 Å². The van der Waals surface area contributed by atoms with Gasteiger partial charge >= 0.3 is 0 Å². The van der Waals surface area contributed by atoms with E-state index in [1.807, 2.05) is 18.2 Å². The second-order valence-electron chi connectivity index (χ2n) is 7.96. The maximum atomic E-state index is 5.98. The molecule has 6 aromatic rings. The molecule has 32 heavy (non-hydrogen) atoms. The van der Waals surface area contributed by atoms with Crippen molar-refractivity contribution in [3.05, 3.63) is 121 Å². The van der Waals surface area contributed by atoms with Gasteiger partial charge in [-0.25, -0.2) is 0 Å². The minimum absolute atomic E-state index is 0.919. The summed E-state index contributed by atoms with van der Waals surface area (Å²) >= 11 is 0. The Hall–Kier alpha value is -4.30. The van der Waals surface area contributed by atoms with Gasteiger partial charge in [-0.3, -0.25) is 0 Å². The monoisotopic (exact) mass is 411 g/mol. The third kappa shape index (κ3) is 3.42. The maximum Gasteiger partial charge on any atom is 0.135 e. The molecular weight excluding hydrogens is 390 g/mol. The van der Waals surface area contributed by atoms with Gasteiger partial charge in [0.25, 0.3) is 0 Å². The summed E-state index contributed by atoms with van der Waals surface area (Å²) in [4.78, 5) is 0. The Labute approximate surface area is 186 Å². The van der Waals surface area contributed by atoms with Crippen LogP contribution in [0.4, 0.5) is 11.4 Å². The summed E-state index contributed by atoms with van der Waals surface area (Å²) in [7, 11) is 0. The highest BCUT2D eigenvalue weighted by atomic mass is 16.3. The Morgan fingerprint density at radius 3 is 1.94 bits per heavy atom. The van der Waals surface area contributed by atoms with E-state index in [0.717, 1.165) is 33.3 Å². The van der Waals surface area contributed by atoms with Crippen molar-refractivity contribution in [2.75, 3.05) is 5.32 Å². The van der Waals surface area contributed by atoms with Crippen molar-refractivity contribution in [3.8, 4) is 22.3 Å². The molecule has 152 valence electrons. The fourth-order valence-electron chi connectivity index (χ4n) is 4.23. The summed E-state index contributed by atoms with van der Waals surface area (Å²) < 4.78 is 5.98. The van der Waals surface area contributed by atoms with E-state index in [2.05, 4.69) is 108 Å². The molecule has 5 aromatic carbocycles. The second-order valence-corrected chi connectivity index (χ2v) is 7.96. The molecule has 0 saturated carbocycles. The van der Waals surface area contributed by atoms with Crippen LogP contribution in [0.5, 0.6) is 0 Å². The van der Waals surface area contributed by atoms with E-state index >= 15 is 0 Å². The molecule has 0 aliphatic carbocycles. The molecule has 0 atom stereocenters. The Kier molecular flexibility index (Phi) is 4.47. The number of benzene rings is 5. The molecular formula is C30H21NO. The number of para-hydroxylation sites is 1. The number of hydrogen-bond acceptors (Lipinski definition) is 2. The van der Waals surface area contributed by atoms with Crippen molar-refractivity contribution in [2.24, 2.45) is 0 Å². The van der Waals surface area contributed by atoms with E-state index in [0.29, 0.717) is 0 Å². The van der Waals surface area contributed by atoms with Gasteiger partial charge in [-0.15, -0.1) is 0 Å². The largest absolute Gasteiger partial charge is 0.456 e. The highest BCUT2D eigenvalue weighted by Gasteiger charge is 2.08. The first-order valence-corrected chi connectivity index (χ1v) is 10.8. The Bertz CT molecular complexity index is 1530. The lowest BCUT2D eigenvalue weighted by Gasteiger charge is -2.10. The van der Waals surface area contributed by atoms with Crippen molar-refractivity contribution in [1.29, 1.82) is 0 Å². The molecule has 0 aliphatic rings. The van der Waals surface area contributed by atoms with E-state index in [9.17, 15) is 0 Å². The third-order valence-electron chi connectivity index (χ3n) is 5.85. The summed E-state index contributed by atoms with van der Waals surface area (Å²) in [5.41, 5.74) is 8.76. The lowest BCUT2D eigenvalue weighted by Crippen LogP contribution is -1.90. The van der Waals surface area contributed by atoms with Gasteiger partial charge in [-0.1, -0.05) is 78.9 Å². The minimum Gasteiger partial charge on any atom is -0.456 e. The first kappa shape index (κ1) is 18.5. The number of fused-ring (bicyclic) bond motifs is 3. The van der Waals surface area contributed by atoms with Crippen molar-refractivity contribution in [2.45, 2.75) is 0 Å². The number of rotatable bonds is 4. The molecule has 0 saturated heterocycles. The van der Waals surface area contributed by atoms with E-state index in [4.69, 9.17) is 4.42 Å². The maximum absolute atomic E-state index is 5.98. The lowest BCUT2D eigenvalue weighted by molar-refractivity contribution is 0.669. The van der Waals surface area contributed by atoms with Crippen molar-refractivity contribution >= 4 is 33.3 Å². The average Bonchev–Trinajstić information content (AvgIpc) is 3.23. The molecule has 1 heterocycles. The molecule has 1 N–H and O–H groups in total. The smallest absolute Gasteiger partial charge is 0.135 e. The van der Waals surface area contributed by atoms with Crippen LogP contribution in [-0.2, 0) is 0 Å². The molecule has 0 aliphatic heterocycles. The quantitative estimate of drug-likeness (QED) is 0.314. The zero-order chi connectivity index (χ0) is 21.3. The topological polar surface area (TPSA) is 25.2 Å². The zero-order valence-electron chi connectivity index (χ0n) is 17.5. The highest BCUT2D eigenvalue weighted by Crippen LogP contribution is 2.33. The summed E-state index contributed by atoms with van der Waals surface area (Å²) in [6, 6.07) is 42.1. The Balaban J connectivity index is 1.29. The first-order chi connectivity index (χ1) is 15.8. The van der Waals surface area contributed by atoms with Crippen molar-refractivity contribution < 1.29 is 4.42 Å². The number of hydrogen-bond donors (Lipinski definition) is 1. The van der Waals surface area contributed by atoms with Gasteiger partial charge in [0, 0.05) is 22.1 Å². The number of nitrogens with one attached hydrogen (secondary N) is 1. The molecule has 0 fully saturated rings. The van der Waals surface area contributed by atoms with Crippen LogP contribution in [0.3, 0.4) is 0 Å². The van der Waals surface area contributed by atoms with Crippen LogP contribution in [0.25, 0.3) is 44.2 Å². The Morgan fingerprint density at radius 2 is 1.06 bits per heavy atom. The van der Waals surface area contributed by atoms with Crippen LogP contribution in [0, 0.1) is 0 Å². The normalized spacial score (nSPS) is 11.1. The molecule has 1 aromatic heterocycles. The van der Waals surface area contributed by atoms with Gasteiger partial charge in [0.2, 0.25) is 0 Å². The van der Waals surface area contributed by atoms with Crippen LogP contribution in [0.2, 0.25) is 0 Å². The van der Waals surface area contributed by atoms with Gasteiger partial charge in [0.15, 0.2) is 0 Å². The van der Waals surface area contributed by atoms with E-state index < -0.39 is 0 Å². The Morgan fingerprint density at radius 1 is 0.406 bits per heavy atom. The molecule has 2 nitrogen and oxygen atoms in total. The second kappa shape index (κ2) is 7.75. The fourth-order valence-corrected chi connectivity index (χ4v) is 4.23. The average molecular weight is 412 g/mol. The van der Waals surface area contributed by atoms with E-state index in [1.165, 1.54) is 22.3 Å². The summed E-state index contributed by atoms with van der Waals surface area (Å²) in [5, 5.41) is 5.83. The van der Waals surface area contributed by atoms with E-state index in [-0.39, 0.29) is 0 Å². The first-order valence-electron chi connectivity index (χ1n) is 10.8. The molecule has 0 amide bonds. The lowest BCUT2D eigenvalue weighted by atomic mass is 10.0. The van der Waals surface area contributed by atoms with Gasteiger partial charge in [0.1, 0.15) is 11.2 Å². The number of anilines is 2. The fraction of sp³-hybridized carbons (Fsp3) is 0. The van der Waals surface area contributed by atoms with Crippen LogP contribution in [0.1, 0.15) is 0 Å². The van der Waals surface area contributed by atoms with Crippen molar-refractivity contribution in [1.82, 2.24) is 0 Å². The van der Waals surface area contributed by atoms with Crippen LogP contribution >= 0.6 is 0 Å². The van der Waals surface area contributed by atoms with E-state index in [1.54, 1.807) is 0 Å². The van der Waals surface area contributed by atoms with Crippen molar-refractivity contribution in [3.63, 3.8) is 0 Å². The summed E-state index contributed by atoms with van der Waals surface area (Å²) in [5.74, 6) is 0. The zero-order valence-corrected chi connectivity index (χ0v) is 17.5. The predicted octanol–water partition coefficient (Wildman–Crippen LogP) is 8.66. The molecule has 6 rings (SSSR count). The predicted molar refractivity (Wildman–Crippen MR) is 134 cm³/mol. The van der Waals surface area contributed by atoms with Crippen LogP contribution in [-0.4, -0.2) is 0 Å². The number of furan rings is 1. The van der Waals surface area contributed by atoms with Gasteiger partial charge in [-0.2, -0.15) is 0 Å². The summed E-state index contributed by atoms with van der Waals surface area (Å²) in [6.45, 7) is 0. The summed E-state index contributed by atoms with van der Waals surface area (Å²) in [6.07, 6.45) is 0.